The molecule has 2 rings (SSSR count). The van der Waals surface area contributed by atoms with Gasteiger partial charge in [0, 0.05) is 15.7 Å². The van der Waals surface area contributed by atoms with E-state index in [1.165, 1.54) is 19.3 Å². The molecule has 0 heterocycles. The Morgan fingerprint density at radius 2 is 1.88 bits per heavy atom. The average Bonchev–Trinajstić information content (AvgIpc) is 2.59. The maximum atomic E-state index is 12.1. The summed E-state index contributed by atoms with van der Waals surface area (Å²) < 4.78 is 9.89. The van der Waals surface area contributed by atoms with E-state index in [0.717, 1.165) is 0 Å². The van der Waals surface area contributed by atoms with E-state index in [4.69, 9.17) is 38.4 Å². The number of carbonyl (C=O) groups excluding carboxylic acids is 2. The van der Waals surface area contributed by atoms with E-state index in [1.807, 2.05) is 0 Å². The number of nitrogens with two attached hydrogens (primary N) is 1. The molecule has 0 amide bonds. The number of ether oxygens (including phenoxy) is 2. The van der Waals surface area contributed by atoms with Crippen molar-refractivity contribution in [3.05, 3.63) is 69.2 Å². The lowest BCUT2D eigenvalue weighted by molar-refractivity contribution is -0.136. The molecule has 0 aliphatic rings. The molecule has 5 nitrogen and oxygen atoms in total. The second kappa shape index (κ2) is 8.55. The Balaban J connectivity index is 2.21. The molecule has 0 aromatic heterocycles. The molecule has 2 aromatic rings. The summed E-state index contributed by atoms with van der Waals surface area (Å²) in [4.78, 5) is 24.1. The first-order valence-electron chi connectivity index (χ1n) is 7.18. The Bertz CT molecular complexity index is 834. The molecule has 0 fully saturated rings. The van der Waals surface area contributed by atoms with Gasteiger partial charge in [-0.15, -0.1) is 0 Å². The summed E-state index contributed by atoms with van der Waals surface area (Å²) in [7, 11) is 1.23. The molecule has 0 unspecified atom stereocenters. The summed E-state index contributed by atoms with van der Waals surface area (Å²) in [5.74, 6) is -1.28. The fraction of sp³-hybridized carbons (Fsp3) is 0.111. The lowest BCUT2D eigenvalue weighted by Crippen LogP contribution is -2.15. The van der Waals surface area contributed by atoms with Gasteiger partial charge in [0.15, 0.2) is 0 Å². The summed E-state index contributed by atoms with van der Waals surface area (Å²) in [5, 5.41) is 0.820. The number of methoxy groups -OCH3 is 1. The molecule has 130 valence electrons. The summed E-state index contributed by atoms with van der Waals surface area (Å²) in [6.45, 7) is -0.293. The Morgan fingerprint density at radius 3 is 2.52 bits per heavy atom. The quantitative estimate of drug-likeness (QED) is 0.482. The van der Waals surface area contributed by atoms with Crippen LogP contribution in [0.25, 0.3) is 6.08 Å². The fourth-order valence-corrected chi connectivity index (χ4v) is 2.46. The number of nitrogen functional groups attached to an aromatic ring is 1. The largest absolute Gasteiger partial charge is 0.466 e. The molecule has 0 saturated carbocycles. The van der Waals surface area contributed by atoms with Crippen LogP contribution in [0.15, 0.2) is 48.0 Å². The highest BCUT2D eigenvalue weighted by Crippen LogP contribution is 2.23. The standard InChI is InChI=1S/C18H15Cl2NO4/c1-24-17(22)12(8-11-6-7-13(19)9-15(11)20)10-25-18(23)14-4-2-3-5-16(14)21/h2-9H,10,21H2,1H3/b12-8+. The summed E-state index contributed by atoms with van der Waals surface area (Å²) in [6.07, 6.45) is 1.48. The number of halogens is 2. The molecule has 25 heavy (non-hydrogen) atoms. The first kappa shape index (κ1) is 18.8. The molecule has 2 aromatic carbocycles. The fourth-order valence-electron chi connectivity index (χ4n) is 2.00. The van der Waals surface area contributed by atoms with Crippen molar-refractivity contribution in [1.29, 1.82) is 0 Å². The van der Waals surface area contributed by atoms with Gasteiger partial charge in [-0.25, -0.2) is 9.59 Å². The van der Waals surface area contributed by atoms with Crippen LogP contribution < -0.4 is 5.73 Å². The van der Waals surface area contributed by atoms with Gasteiger partial charge >= 0.3 is 11.9 Å². The molecule has 2 N–H and O–H groups in total. The van der Waals surface area contributed by atoms with Gasteiger partial charge in [0.2, 0.25) is 0 Å². The Kier molecular flexibility index (Phi) is 6.44. The minimum Gasteiger partial charge on any atom is -0.466 e. The second-order valence-corrected chi connectivity index (χ2v) is 5.83. The van der Waals surface area contributed by atoms with Crippen LogP contribution >= 0.6 is 23.2 Å². The van der Waals surface area contributed by atoms with Crippen molar-refractivity contribution in [2.75, 3.05) is 19.5 Å². The molecule has 0 aliphatic heterocycles. The number of hydrogen-bond acceptors (Lipinski definition) is 5. The molecule has 0 saturated heterocycles. The van der Waals surface area contributed by atoms with Crippen LogP contribution in [0, 0.1) is 0 Å². The predicted molar refractivity (Wildman–Crippen MR) is 97.6 cm³/mol. The van der Waals surface area contributed by atoms with E-state index in [1.54, 1.807) is 36.4 Å². The second-order valence-electron chi connectivity index (χ2n) is 4.99. The number of carbonyl (C=O) groups is 2. The summed E-state index contributed by atoms with van der Waals surface area (Å²) in [5.41, 5.74) is 6.91. The zero-order valence-corrected chi connectivity index (χ0v) is 14.8. The van der Waals surface area contributed by atoms with Gasteiger partial charge < -0.3 is 15.2 Å². The topological polar surface area (TPSA) is 78.6 Å². The minimum atomic E-state index is -0.643. The van der Waals surface area contributed by atoms with Crippen molar-refractivity contribution < 1.29 is 19.1 Å². The normalized spacial score (nSPS) is 11.1. The SMILES string of the molecule is COC(=O)/C(=C/c1ccc(Cl)cc1Cl)COC(=O)c1ccccc1N. The zero-order chi connectivity index (χ0) is 18.4. The van der Waals surface area contributed by atoms with E-state index in [-0.39, 0.29) is 23.4 Å². The van der Waals surface area contributed by atoms with Crippen molar-refractivity contribution in [2.24, 2.45) is 0 Å². The number of esters is 2. The lowest BCUT2D eigenvalue weighted by atomic mass is 10.1. The van der Waals surface area contributed by atoms with E-state index in [0.29, 0.717) is 15.6 Å². The van der Waals surface area contributed by atoms with Crippen LogP contribution in [-0.2, 0) is 14.3 Å². The Hall–Kier alpha value is -2.50. The molecule has 7 heteroatoms. The number of benzene rings is 2. The number of rotatable bonds is 5. The van der Waals surface area contributed by atoms with Crippen LogP contribution in [-0.4, -0.2) is 25.7 Å². The van der Waals surface area contributed by atoms with Gasteiger partial charge in [0.05, 0.1) is 18.2 Å². The molecule has 0 aliphatic carbocycles. The molecule has 0 radical (unpaired) electrons. The van der Waals surface area contributed by atoms with Crippen molar-refractivity contribution in [3.63, 3.8) is 0 Å². The molecular weight excluding hydrogens is 365 g/mol. The van der Waals surface area contributed by atoms with Gasteiger partial charge in [-0.2, -0.15) is 0 Å². The highest BCUT2D eigenvalue weighted by atomic mass is 35.5. The average molecular weight is 380 g/mol. The van der Waals surface area contributed by atoms with Crippen molar-refractivity contribution in [2.45, 2.75) is 0 Å². The summed E-state index contributed by atoms with van der Waals surface area (Å²) in [6, 6.07) is 11.3. The lowest BCUT2D eigenvalue weighted by Gasteiger charge is -2.09. The van der Waals surface area contributed by atoms with Gasteiger partial charge in [-0.1, -0.05) is 41.4 Å². The van der Waals surface area contributed by atoms with E-state index in [2.05, 4.69) is 0 Å². The van der Waals surface area contributed by atoms with Gasteiger partial charge in [-0.3, -0.25) is 0 Å². The summed E-state index contributed by atoms with van der Waals surface area (Å²) >= 11 is 11.9. The third-order valence-corrected chi connectivity index (χ3v) is 3.84. The smallest absolute Gasteiger partial charge is 0.340 e. The molecule has 0 spiro atoms. The predicted octanol–water partition coefficient (Wildman–Crippen LogP) is 3.99. The van der Waals surface area contributed by atoms with Crippen molar-refractivity contribution in [3.8, 4) is 0 Å². The Labute approximate surface area is 154 Å². The number of hydrogen-bond donors (Lipinski definition) is 1. The maximum absolute atomic E-state index is 12.1. The first-order chi connectivity index (χ1) is 11.9. The van der Waals surface area contributed by atoms with E-state index >= 15 is 0 Å². The van der Waals surface area contributed by atoms with Crippen LogP contribution in [0.5, 0.6) is 0 Å². The zero-order valence-electron chi connectivity index (χ0n) is 13.3. The van der Waals surface area contributed by atoms with Gasteiger partial charge in [-0.05, 0) is 35.9 Å². The highest BCUT2D eigenvalue weighted by Gasteiger charge is 2.16. The number of para-hydroxylation sites is 1. The maximum Gasteiger partial charge on any atom is 0.340 e. The van der Waals surface area contributed by atoms with Crippen LogP contribution in [0.1, 0.15) is 15.9 Å². The van der Waals surface area contributed by atoms with Crippen molar-refractivity contribution >= 4 is 46.9 Å². The molecular formula is C18H15Cl2NO4. The monoisotopic (exact) mass is 379 g/mol. The third-order valence-electron chi connectivity index (χ3n) is 3.28. The number of anilines is 1. The third kappa shape index (κ3) is 4.98. The van der Waals surface area contributed by atoms with Gasteiger partial charge in [0.1, 0.15) is 6.61 Å². The van der Waals surface area contributed by atoms with Gasteiger partial charge in [0.25, 0.3) is 0 Å². The van der Waals surface area contributed by atoms with Crippen molar-refractivity contribution in [1.82, 2.24) is 0 Å². The van der Waals surface area contributed by atoms with E-state index < -0.39 is 11.9 Å². The Morgan fingerprint density at radius 1 is 1.16 bits per heavy atom. The van der Waals surface area contributed by atoms with Crippen LogP contribution in [0.3, 0.4) is 0 Å². The first-order valence-corrected chi connectivity index (χ1v) is 7.93. The van der Waals surface area contributed by atoms with Crippen LogP contribution in [0.2, 0.25) is 10.0 Å². The highest BCUT2D eigenvalue weighted by molar-refractivity contribution is 6.35. The van der Waals surface area contributed by atoms with Crippen LogP contribution in [0.4, 0.5) is 5.69 Å². The molecule has 0 bridgehead atoms. The van der Waals surface area contributed by atoms with E-state index in [9.17, 15) is 9.59 Å². The minimum absolute atomic E-state index is 0.120. The molecule has 0 atom stereocenters.